The first-order valence-electron chi connectivity index (χ1n) is 9.69. The highest BCUT2D eigenvalue weighted by Crippen LogP contribution is 2.50. The number of nitrogens with one attached hydrogen (secondary N) is 1. The molecule has 2 aromatic carbocycles. The Morgan fingerprint density at radius 2 is 1.97 bits per heavy atom. The molecule has 0 spiro atoms. The van der Waals surface area contributed by atoms with Gasteiger partial charge in [0.25, 0.3) is 0 Å². The quantitative estimate of drug-likeness (QED) is 0.409. The molecule has 150 valence electrons. The molecule has 30 heavy (non-hydrogen) atoms. The fourth-order valence-electron chi connectivity index (χ4n) is 3.71. The molecule has 1 aliphatic rings. The van der Waals surface area contributed by atoms with Gasteiger partial charge in [-0.05, 0) is 48.6 Å². The summed E-state index contributed by atoms with van der Waals surface area (Å²) in [5.41, 5.74) is 1.47. The summed E-state index contributed by atoms with van der Waals surface area (Å²) in [7, 11) is 0. The Hall–Kier alpha value is -3.25. The van der Waals surface area contributed by atoms with E-state index in [1.807, 2.05) is 23.6 Å². The summed E-state index contributed by atoms with van der Waals surface area (Å²) in [5.74, 6) is -0.957. The molecule has 0 bridgehead atoms. The van der Waals surface area contributed by atoms with Crippen LogP contribution in [0.1, 0.15) is 38.9 Å². The first kappa shape index (κ1) is 18.8. The summed E-state index contributed by atoms with van der Waals surface area (Å²) in [4.78, 5) is 27.2. The van der Waals surface area contributed by atoms with Crippen LogP contribution in [0, 0.1) is 18.7 Å². The number of thiophene rings is 1. The average Bonchev–Trinajstić information content (AvgIpc) is 3.20. The van der Waals surface area contributed by atoms with Crippen molar-refractivity contribution in [3.8, 4) is 0 Å². The molecule has 1 fully saturated rings. The van der Waals surface area contributed by atoms with Gasteiger partial charge >= 0.3 is 0 Å². The SMILES string of the molecule is Cc1ccc(C(=O)c2oc3ccccc3c2NC(=O)C2CC2c2cccs2)cc1F. The number of hydrogen-bond acceptors (Lipinski definition) is 4. The largest absolute Gasteiger partial charge is 0.450 e. The number of aryl methyl sites for hydroxylation is 1. The fraction of sp³-hybridized carbons (Fsp3) is 0.167. The molecule has 1 amide bonds. The highest BCUT2D eigenvalue weighted by molar-refractivity contribution is 7.10. The molecule has 1 saturated carbocycles. The van der Waals surface area contributed by atoms with Gasteiger partial charge < -0.3 is 9.73 Å². The highest BCUT2D eigenvalue weighted by atomic mass is 32.1. The summed E-state index contributed by atoms with van der Waals surface area (Å²) < 4.78 is 19.8. The van der Waals surface area contributed by atoms with Crippen LogP contribution in [0.3, 0.4) is 0 Å². The third-order valence-electron chi connectivity index (χ3n) is 5.52. The molecule has 1 aliphatic carbocycles. The normalized spacial score (nSPS) is 17.8. The number of halogens is 1. The van der Waals surface area contributed by atoms with Crippen molar-refractivity contribution in [1.29, 1.82) is 0 Å². The Bertz CT molecular complexity index is 1280. The smallest absolute Gasteiger partial charge is 0.230 e. The number of para-hydroxylation sites is 1. The zero-order valence-corrected chi connectivity index (χ0v) is 17.0. The van der Waals surface area contributed by atoms with Crippen LogP contribution < -0.4 is 5.32 Å². The molecular formula is C24H18FNO3S. The minimum atomic E-state index is -0.467. The van der Waals surface area contributed by atoms with Gasteiger partial charge in [0.15, 0.2) is 5.76 Å². The van der Waals surface area contributed by atoms with E-state index in [2.05, 4.69) is 5.32 Å². The van der Waals surface area contributed by atoms with E-state index in [0.29, 0.717) is 22.2 Å². The molecule has 4 aromatic rings. The Balaban J connectivity index is 1.49. The van der Waals surface area contributed by atoms with Crippen LogP contribution in [0.15, 0.2) is 64.4 Å². The van der Waals surface area contributed by atoms with Crippen LogP contribution >= 0.6 is 11.3 Å². The minimum Gasteiger partial charge on any atom is -0.450 e. The number of fused-ring (bicyclic) bond motifs is 1. The molecule has 5 rings (SSSR count). The Morgan fingerprint density at radius 1 is 1.13 bits per heavy atom. The molecule has 4 nitrogen and oxygen atoms in total. The van der Waals surface area contributed by atoms with E-state index in [4.69, 9.17) is 4.42 Å². The van der Waals surface area contributed by atoms with E-state index >= 15 is 0 Å². The highest BCUT2D eigenvalue weighted by Gasteiger charge is 2.45. The van der Waals surface area contributed by atoms with Crippen molar-refractivity contribution in [2.24, 2.45) is 5.92 Å². The molecule has 2 aromatic heterocycles. The number of anilines is 1. The first-order chi connectivity index (χ1) is 14.5. The predicted octanol–water partition coefficient (Wildman–Crippen LogP) is 5.92. The zero-order valence-electron chi connectivity index (χ0n) is 16.1. The van der Waals surface area contributed by atoms with Crippen LogP contribution in [0.2, 0.25) is 0 Å². The maximum absolute atomic E-state index is 14.0. The number of carbonyl (C=O) groups is 2. The second-order valence-corrected chi connectivity index (χ2v) is 8.53. The van der Waals surface area contributed by atoms with E-state index < -0.39 is 11.6 Å². The lowest BCUT2D eigenvalue weighted by Gasteiger charge is -2.06. The van der Waals surface area contributed by atoms with Crippen LogP contribution in [-0.4, -0.2) is 11.7 Å². The van der Waals surface area contributed by atoms with Gasteiger partial charge in [0, 0.05) is 27.7 Å². The number of benzene rings is 2. The molecule has 0 saturated heterocycles. The Kier molecular flexibility index (Phi) is 4.51. The molecule has 2 heterocycles. The van der Waals surface area contributed by atoms with Gasteiger partial charge in [-0.1, -0.05) is 30.3 Å². The van der Waals surface area contributed by atoms with Crippen molar-refractivity contribution in [3.05, 3.63) is 87.6 Å². The number of ketones is 1. The van der Waals surface area contributed by atoms with Crippen LogP contribution in [0.5, 0.6) is 0 Å². The summed E-state index contributed by atoms with van der Waals surface area (Å²) in [6.07, 6.45) is 0.786. The van der Waals surface area contributed by atoms with Gasteiger partial charge in [0.2, 0.25) is 11.7 Å². The monoisotopic (exact) mass is 419 g/mol. The van der Waals surface area contributed by atoms with E-state index in [0.717, 1.165) is 6.42 Å². The summed E-state index contributed by atoms with van der Waals surface area (Å²) >= 11 is 1.64. The topological polar surface area (TPSA) is 59.3 Å². The van der Waals surface area contributed by atoms with Gasteiger partial charge in [-0.3, -0.25) is 9.59 Å². The number of hydrogen-bond donors (Lipinski definition) is 1. The molecular weight excluding hydrogens is 401 g/mol. The standard InChI is InChI=1S/C24H18FNO3S/c1-13-8-9-14(11-18(13)25)22(27)23-21(15-5-2-3-6-19(15)29-23)26-24(28)17-12-16(17)20-7-4-10-30-20/h2-11,16-17H,12H2,1H3,(H,26,28). The van der Waals surface area contributed by atoms with Gasteiger partial charge in [0.1, 0.15) is 11.4 Å². The summed E-state index contributed by atoms with van der Waals surface area (Å²) in [6.45, 7) is 1.63. The van der Waals surface area contributed by atoms with Crippen LogP contribution in [0.4, 0.5) is 10.1 Å². The van der Waals surface area contributed by atoms with Crippen molar-refractivity contribution >= 4 is 39.7 Å². The summed E-state index contributed by atoms with van der Waals surface area (Å²) in [5, 5.41) is 5.57. The van der Waals surface area contributed by atoms with Crippen molar-refractivity contribution < 1.29 is 18.4 Å². The maximum Gasteiger partial charge on any atom is 0.230 e. The Labute approximate surface area is 176 Å². The van der Waals surface area contributed by atoms with Crippen molar-refractivity contribution in [2.75, 3.05) is 5.32 Å². The van der Waals surface area contributed by atoms with Gasteiger partial charge in [0.05, 0.1) is 5.69 Å². The fourth-order valence-corrected chi connectivity index (χ4v) is 4.62. The molecule has 6 heteroatoms. The number of amides is 1. The van der Waals surface area contributed by atoms with Crippen molar-refractivity contribution in [3.63, 3.8) is 0 Å². The van der Waals surface area contributed by atoms with E-state index in [9.17, 15) is 14.0 Å². The molecule has 2 atom stereocenters. The molecule has 1 N–H and O–H groups in total. The third-order valence-corrected chi connectivity index (χ3v) is 6.52. The van der Waals surface area contributed by atoms with Crippen LogP contribution in [-0.2, 0) is 4.79 Å². The lowest BCUT2D eigenvalue weighted by Crippen LogP contribution is -2.16. The minimum absolute atomic E-state index is 0.0149. The number of rotatable bonds is 5. The van der Waals surface area contributed by atoms with Gasteiger partial charge in [-0.25, -0.2) is 4.39 Å². The number of carbonyl (C=O) groups excluding carboxylic acids is 2. The lowest BCUT2D eigenvalue weighted by atomic mass is 10.0. The van der Waals surface area contributed by atoms with E-state index in [1.165, 1.54) is 10.9 Å². The maximum atomic E-state index is 14.0. The molecule has 2 unspecified atom stereocenters. The van der Waals surface area contributed by atoms with Gasteiger partial charge in [-0.15, -0.1) is 11.3 Å². The second kappa shape index (κ2) is 7.22. The zero-order chi connectivity index (χ0) is 20.8. The van der Waals surface area contributed by atoms with Crippen LogP contribution in [0.25, 0.3) is 11.0 Å². The number of furan rings is 1. The predicted molar refractivity (Wildman–Crippen MR) is 115 cm³/mol. The van der Waals surface area contributed by atoms with E-state index in [-0.39, 0.29) is 29.1 Å². The first-order valence-corrected chi connectivity index (χ1v) is 10.6. The van der Waals surface area contributed by atoms with Crippen molar-refractivity contribution in [1.82, 2.24) is 0 Å². The third kappa shape index (κ3) is 3.23. The average molecular weight is 419 g/mol. The Morgan fingerprint density at radius 3 is 2.73 bits per heavy atom. The van der Waals surface area contributed by atoms with Crippen molar-refractivity contribution in [2.45, 2.75) is 19.3 Å². The summed E-state index contributed by atoms with van der Waals surface area (Å²) in [6, 6.07) is 15.5. The van der Waals surface area contributed by atoms with E-state index in [1.54, 1.807) is 48.6 Å². The molecule has 0 aliphatic heterocycles. The van der Waals surface area contributed by atoms with Gasteiger partial charge in [-0.2, -0.15) is 0 Å². The second-order valence-electron chi connectivity index (χ2n) is 7.55. The lowest BCUT2D eigenvalue weighted by molar-refractivity contribution is -0.117. The molecule has 0 radical (unpaired) electrons.